The number of ether oxygens (including phenoxy) is 1. The number of aromatic amines is 1. The normalized spacial score (nSPS) is 15.5. The summed E-state index contributed by atoms with van der Waals surface area (Å²) in [6.07, 6.45) is 7.28. The first kappa shape index (κ1) is 28.1. The lowest BCUT2D eigenvalue weighted by Crippen LogP contribution is -2.53. The largest absolute Gasteiger partial charge is 0.457 e. The lowest BCUT2D eigenvalue weighted by molar-refractivity contribution is -0.134. The zero-order chi connectivity index (χ0) is 28.6. The minimum absolute atomic E-state index is 0.0000656. The van der Waals surface area contributed by atoms with Gasteiger partial charge in [0.1, 0.15) is 17.1 Å². The molecule has 5 N–H and O–H groups in total. The molecule has 0 saturated carbocycles. The third-order valence-corrected chi connectivity index (χ3v) is 7.25. The van der Waals surface area contributed by atoms with Crippen molar-refractivity contribution in [3.63, 3.8) is 0 Å². The summed E-state index contributed by atoms with van der Waals surface area (Å²) < 4.78 is 6.27. The van der Waals surface area contributed by atoms with Crippen molar-refractivity contribution in [2.45, 2.75) is 25.9 Å². The van der Waals surface area contributed by atoms with Crippen LogP contribution in [0.3, 0.4) is 0 Å². The van der Waals surface area contributed by atoms with Gasteiger partial charge in [-0.1, -0.05) is 42.5 Å². The number of carbonyl (C=O) groups is 1. The number of hydrogen-bond donors (Lipinski definition) is 3. The predicted octanol–water partition coefficient (Wildman–Crippen LogP) is 3.85. The van der Waals surface area contributed by atoms with Crippen molar-refractivity contribution in [2.75, 3.05) is 32.7 Å². The molecule has 0 radical (unpaired) electrons. The Kier molecular flexibility index (Phi) is 9.08. The Morgan fingerprint density at radius 2 is 1.83 bits per heavy atom. The molecule has 41 heavy (non-hydrogen) atoms. The van der Waals surface area contributed by atoms with E-state index >= 15 is 0 Å². The molecule has 0 spiro atoms. The fourth-order valence-corrected chi connectivity index (χ4v) is 5.17. The monoisotopic (exact) mass is 551 g/mol. The highest BCUT2D eigenvalue weighted by Crippen LogP contribution is 2.32. The highest BCUT2D eigenvalue weighted by atomic mass is 16.5. The minimum atomic E-state index is -0.587. The van der Waals surface area contributed by atoms with E-state index in [1.54, 1.807) is 12.3 Å². The van der Waals surface area contributed by atoms with E-state index in [4.69, 9.17) is 16.2 Å². The number of nitrogens with one attached hydrogen (secondary N) is 1. The molecule has 212 valence electrons. The van der Waals surface area contributed by atoms with Crippen LogP contribution < -0.4 is 16.2 Å². The zero-order valence-corrected chi connectivity index (χ0v) is 23.4. The summed E-state index contributed by atoms with van der Waals surface area (Å²) in [5.41, 5.74) is 16.6. The van der Waals surface area contributed by atoms with Crippen molar-refractivity contribution < 1.29 is 9.53 Å². The number of nitrogens with two attached hydrogens (primary N) is 2. The molecule has 2 aromatic carbocycles. The van der Waals surface area contributed by atoms with Crippen LogP contribution in [0.15, 0.2) is 90.3 Å². The number of pyridine rings is 1. The number of rotatable bonds is 10. The van der Waals surface area contributed by atoms with Crippen LogP contribution in [0.4, 0.5) is 0 Å². The first-order valence-electron chi connectivity index (χ1n) is 14.0. The number of nitrogens with zero attached hydrogens (tertiary/aromatic N) is 4. The highest BCUT2D eigenvalue weighted by Gasteiger charge is 2.25. The number of amides is 1. The highest BCUT2D eigenvalue weighted by molar-refractivity contribution is 6.17. The second kappa shape index (κ2) is 13.3. The molecule has 1 atom stereocenters. The Labute approximate surface area is 240 Å². The van der Waals surface area contributed by atoms with E-state index in [-0.39, 0.29) is 5.91 Å². The maximum atomic E-state index is 13.1. The second-order valence-corrected chi connectivity index (χ2v) is 10.1. The Balaban J connectivity index is 1.19. The van der Waals surface area contributed by atoms with Crippen LogP contribution in [-0.2, 0) is 17.8 Å². The molecule has 1 amide bonds. The van der Waals surface area contributed by atoms with Gasteiger partial charge in [-0.05, 0) is 54.9 Å². The SMILES string of the molecule is CCN=C(C=CN)c1c[nH]c2nccc(Oc3ccc(CC(N)C(=O)N4CCN(Cc5ccccc5)CC4)cc3)c12. The van der Waals surface area contributed by atoms with E-state index in [1.807, 2.05) is 54.4 Å². The fraction of sp³-hybridized carbons (Fsp3) is 0.281. The number of benzene rings is 2. The number of aliphatic imine (C=N–C) groups is 1. The van der Waals surface area contributed by atoms with Gasteiger partial charge in [-0.15, -0.1) is 0 Å². The maximum absolute atomic E-state index is 13.1. The van der Waals surface area contributed by atoms with Crippen molar-refractivity contribution in [1.82, 2.24) is 19.8 Å². The summed E-state index contributed by atoms with van der Waals surface area (Å²) in [6.45, 7) is 6.58. The smallest absolute Gasteiger partial charge is 0.239 e. The molecule has 9 heteroatoms. The number of carbonyl (C=O) groups excluding carboxylic acids is 1. The van der Waals surface area contributed by atoms with Gasteiger partial charge in [0.2, 0.25) is 5.91 Å². The molecule has 0 bridgehead atoms. The third kappa shape index (κ3) is 6.82. The molecule has 5 rings (SSSR count). The quantitative estimate of drug-likeness (QED) is 0.257. The van der Waals surface area contributed by atoms with Crippen molar-refractivity contribution >= 4 is 22.7 Å². The van der Waals surface area contributed by atoms with Crippen LogP contribution in [-0.4, -0.2) is 70.2 Å². The van der Waals surface area contributed by atoms with Gasteiger partial charge in [-0.3, -0.25) is 14.7 Å². The maximum Gasteiger partial charge on any atom is 0.239 e. The molecule has 1 fully saturated rings. The molecule has 1 aliphatic heterocycles. The van der Waals surface area contributed by atoms with E-state index in [9.17, 15) is 4.79 Å². The van der Waals surface area contributed by atoms with Gasteiger partial charge in [0.05, 0.1) is 17.1 Å². The molecule has 2 aromatic heterocycles. The van der Waals surface area contributed by atoms with Crippen molar-refractivity contribution in [2.24, 2.45) is 16.5 Å². The molecular weight excluding hydrogens is 514 g/mol. The summed E-state index contributed by atoms with van der Waals surface area (Å²) >= 11 is 0. The standard InChI is InChI=1S/C32H37N7O2/c1-2-35-28(12-14-33)26-21-37-31-30(26)29(13-15-36-31)41-25-10-8-23(9-11-25)20-27(34)32(40)39-18-16-38(17-19-39)22-24-6-4-3-5-7-24/h3-15,21,27H,2,16-20,22,33-34H2,1H3,(H,36,37). The Morgan fingerprint density at radius 1 is 1.07 bits per heavy atom. The van der Waals surface area contributed by atoms with Crippen LogP contribution in [0.1, 0.15) is 23.6 Å². The Hall–Kier alpha value is -4.47. The van der Waals surface area contributed by atoms with E-state index in [2.05, 4.69) is 44.1 Å². The predicted molar refractivity (Wildman–Crippen MR) is 163 cm³/mol. The number of fused-ring (bicyclic) bond motifs is 1. The summed E-state index contributed by atoms with van der Waals surface area (Å²) in [7, 11) is 0. The Bertz CT molecular complexity index is 1500. The van der Waals surface area contributed by atoms with Gasteiger partial charge >= 0.3 is 0 Å². The number of aromatic nitrogens is 2. The summed E-state index contributed by atoms with van der Waals surface area (Å²) in [4.78, 5) is 29.5. The van der Waals surface area contributed by atoms with Crippen molar-refractivity contribution in [3.05, 3.63) is 102 Å². The molecule has 3 heterocycles. The van der Waals surface area contributed by atoms with Gasteiger partial charge < -0.3 is 26.1 Å². The zero-order valence-electron chi connectivity index (χ0n) is 23.4. The lowest BCUT2D eigenvalue weighted by Gasteiger charge is -2.36. The average molecular weight is 552 g/mol. The molecule has 4 aromatic rings. The lowest BCUT2D eigenvalue weighted by atomic mass is 10.0. The van der Waals surface area contributed by atoms with Gasteiger partial charge in [0.15, 0.2) is 0 Å². The number of piperazine rings is 1. The first-order chi connectivity index (χ1) is 20.1. The van der Waals surface area contributed by atoms with E-state index in [0.717, 1.165) is 41.9 Å². The minimum Gasteiger partial charge on any atom is -0.457 e. The van der Waals surface area contributed by atoms with E-state index in [0.29, 0.717) is 43.2 Å². The summed E-state index contributed by atoms with van der Waals surface area (Å²) in [5.74, 6) is 1.33. The number of allylic oxidation sites excluding steroid dienone is 1. The third-order valence-electron chi connectivity index (χ3n) is 7.25. The molecule has 1 aliphatic rings. The average Bonchev–Trinajstić information content (AvgIpc) is 3.44. The summed E-state index contributed by atoms with van der Waals surface area (Å²) in [6, 6.07) is 19.4. The second-order valence-electron chi connectivity index (χ2n) is 10.1. The molecule has 1 unspecified atom stereocenters. The number of H-pyrrole nitrogens is 1. The van der Waals surface area contributed by atoms with E-state index < -0.39 is 6.04 Å². The molecule has 1 saturated heterocycles. The van der Waals surface area contributed by atoms with Crippen LogP contribution in [0.2, 0.25) is 0 Å². The van der Waals surface area contributed by atoms with Gasteiger partial charge in [-0.2, -0.15) is 0 Å². The van der Waals surface area contributed by atoms with E-state index in [1.165, 1.54) is 11.8 Å². The van der Waals surface area contributed by atoms with Crippen LogP contribution in [0.25, 0.3) is 11.0 Å². The Morgan fingerprint density at radius 3 is 2.54 bits per heavy atom. The summed E-state index contributed by atoms with van der Waals surface area (Å²) in [5, 5.41) is 0.832. The van der Waals surface area contributed by atoms with Crippen LogP contribution >= 0.6 is 0 Å². The molecular formula is C32H37N7O2. The van der Waals surface area contributed by atoms with Crippen molar-refractivity contribution in [3.8, 4) is 11.5 Å². The van der Waals surface area contributed by atoms with Crippen LogP contribution in [0.5, 0.6) is 11.5 Å². The number of hydrogen-bond acceptors (Lipinski definition) is 7. The van der Waals surface area contributed by atoms with Gasteiger partial charge in [0, 0.05) is 57.2 Å². The van der Waals surface area contributed by atoms with Gasteiger partial charge in [-0.25, -0.2) is 4.98 Å². The topological polar surface area (TPSA) is 126 Å². The first-order valence-corrected chi connectivity index (χ1v) is 14.0. The molecule has 0 aliphatic carbocycles. The van der Waals surface area contributed by atoms with Crippen LogP contribution in [0, 0.1) is 0 Å². The fourth-order valence-electron chi connectivity index (χ4n) is 5.17. The van der Waals surface area contributed by atoms with Gasteiger partial charge in [0.25, 0.3) is 0 Å². The molecule has 9 nitrogen and oxygen atoms in total. The van der Waals surface area contributed by atoms with Crippen molar-refractivity contribution in [1.29, 1.82) is 0 Å².